The van der Waals surface area contributed by atoms with Crippen molar-refractivity contribution in [1.29, 1.82) is 0 Å². The Labute approximate surface area is 167 Å². The van der Waals surface area contributed by atoms with Gasteiger partial charge in [-0.2, -0.15) is 0 Å². The van der Waals surface area contributed by atoms with Gasteiger partial charge < -0.3 is 9.47 Å². The van der Waals surface area contributed by atoms with Crippen molar-refractivity contribution in [3.63, 3.8) is 0 Å². The van der Waals surface area contributed by atoms with Crippen molar-refractivity contribution in [1.82, 2.24) is 0 Å². The molecule has 0 spiro atoms. The summed E-state index contributed by atoms with van der Waals surface area (Å²) < 4.78 is 10.7. The smallest absolute Gasteiger partial charge is 0.334 e. The second-order valence-electron chi connectivity index (χ2n) is 8.31. The maximum absolute atomic E-state index is 12.5. The van der Waals surface area contributed by atoms with E-state index in [-0.39, 0.29) is 17.8 Å². The maximum Gasteiger partial charge on any atom is 0.334 e. The van der Waals surface area contributed by atoms with E-state index in [1.807, 2.05) is 27.7 Å². The van der Waals surface area contributed by atoms with Crippen LogP contribution in [-0.2, 0) is 19.1 Å². The molecule has 0 aromatic heterocycles. The third kappa shape index (κ3) is 13.5. The minimum atomic E-state index is -0.403. The molecule has 0 heterocycles. The highest BCUT2D eigenvalue weighted by Gasteiger charge is 2.20. The zero-order valence-corrected chi connectivity index (χ0v) is 18.6. The van der Waals surface area contributed by atoms with E-state index in [2.05, 4.69) is 6.92 Å². The Hall–Kier alpha value is -1.32. The van der Waals surface area contributed by atoms with Crippen LogP contribution >= 0.6 is 0 Å². The average molecular weight is 383 g/mol. The highest BCUT2D eigenvalue weighted by Crippen LogP contribution is 2.19. The number of esters is 2. The largest absolute Gasteiger partial charge is 0.462 e. The molecular weight excluding hydrogens is 340 g/mol. The molecule has 0 amide bonds. The predicted octanol–water partition coefficient (Wildman–Crippen LogP) is 6.23. The molecule has 0 N–H and O–H groups in total. The van der Waals surface area contributed by atoms with E-state index >= 15 is 0 Å². The molecular formula is C23H42O4. The number of hydrogen-bond acceptors (Lipinski definition) is 4. The van der Waals surface area contributed by atoms with Crippen LogP contribution in [0.1, 0.15) is 99.3 Å². The number of rotatable bonds is 15. The van der Waals surface area contributed by atoms with Crippen LogP contribution in [0.25, 0.3) is 0 Å². The van der Waals surface area contributed by atoms with Crippen molar-refractivity contribution in [2.45, 2.75) is 99.3 Å². The van der Waals surface area contributed by atoms with Crippen molar-refractivity contribution in [3.05, 3.63) is 11.1 Å². The van der Waals surface area contributed by atoms with Crippen LogP contribution in [-0.4, -0.2) is 25.2 Å². The minimum Gasteiger partial charge on any atom is -0.462 e. The van der Waals surface area contributed by atoms with Gasteiger partial charge in [0.2, 0.25) is 0 Å². The monoisotopic (exact) mass is 382 g/mol. The summed E-state index contributed by atoms with van der Waals surface area (Å²) in [5, 5.41) is 0. The van der Waals surface area contributed by atoms with Crippen LogP contribution in [0.4, 0.5) is 0 Å². The third-order valence-corrected chi connectivity index (χ3v) is 4.38. The van der Waals surface area contributed by atoms with Crippen molar-refractivity contribution in [2.75, 3.05) is 13.2 Å². The molecule has 4 nitrogen and oxygen atoms in total. The van der Waals surface area contributed by atoms with Crippen LogP contribution in [0.15, 0.2) is 11.1 Å². The molecule has 0 atom stereocenters. The summed E-state index contributed by atoms with van der Waals surface area (Å²) in [6.45, 7) is 12.6. The lowest BCUT2D eigenvalue weighted by Gasteiger charge is -2.14. The van der Waals surface area contributed by atoms with Gasteiger partial charge in [-0.15, -0.1) is 0 Å². The van der Waals surface area contributed by atoms with E-state index in [9.17, 15) is 9.59 Å². The first kappa shape index (κ1) is 25.7. The molecule has 0 radical (unpaired) electrons. The van der Waals surface area contributed by atoms with Gasteiger partial charge in [0.25, 0.3) is 0 Å². The topological polar surface area (TPSA) is 52.6 Å². The van der Waals surface area contributed by atoms with E-state index in [0.29, 0.717) is 30.8 Å². The Bertz CT molecular complexity index is 449. The van der Waals surface area contributed by atoms with Crippen molar-refractivity contribution in [2.24, 2.45) is 11.8 Å². The summed E-state index contributed by atoms with van der Waals surface area (Å²) in [7, 11) is 0. The van der Waals surface area contributed by atoms with Crippen LogP contribution in [0, 0.1) is 11.8 Å². The number of carbonyl (C=O) groups excluding carboxylic acids is 2. The molecule has 0 aliphatic carbocycles. The lowest BCUT2D eigenvalue weighted by molar-refractivity contribution is -0.143. The normalized spacial score (nSPS) is 12.3. The molecule has 0 aromatic carbocycles. The van der Waals surface area contributed by atoms with Gasteiger partial charge in [0, 0.05) is 11.1 Å². The lowest BCUT2D eigenvalue weighted by atomic mass is 10.0. The van der Waals surface area contributed by atoms with E-state index in [4.69, 9.17) is 9.47 Å². The van der Waals surface area contributed by atoms with Crippen LogP contribution in [0.2, 0.25) is 0 Å². The molecule has 0 unspecified atom stereocenters. The third-order valence-electron chi connectivity index (χ3n) is 4.38. The molecule has 27 heavy (non-hydrogen) atoms. The van der Waals surface area contributed by atoms with Gasteiger partial charge in [0.15, 0.2) is 0 Å². The zero-order chi connectivity index (χ0) is 20.7. The summed E-state index contributed by atoms with van der Waals surface area (Å²) in [4.78, 5) is 24.8. The van der Waals surface area contributed by atoms with Crippen LogP contribution < -0.4 is 0 Å². The van der Waals surface area contributed by atoms with E-state index in [1.54, 1.807) is 6.92 Å². The van der Waals surface area contributed by atoms with Crippen molar-refractivity contribution in [3.8, 4) is 0 Å². The highest BCUT2D eigenvalue weighted by molar-refractivity contribution is 5.99. The van der Waals surface area contributed by atoms with Gasteiger partial charge in [-0.1, -0.05) is 79.6 Å². The summed E-state index contributed by atoms with van der Waals surface area (Å²) in [6, 6.07) is 0. The SMILES string of the molecule is CCCCCCCCCC/C(C(=O)OCC(C)C)=C(\C)C(=O)OCC(C)C. The van der Waals surface area contributed by atoms with Crippen molar-refractivity contribution >= 4 is 11.9 Å². The fourth-order valence-electron chi connectivity index (χ4n) is 2.68. The molecule has 0 aliphatic heterocycles. The summed E-state index contributed by atoms with van der Waals surface area (Å²) in [6.07, 6.45) is 10.1. The van der Waals surface area contributed by atoms with E-state index in [1.165, 1.54) is 38.5 Å². The van der Waals surface area contributed by atoms with E-state index < -0.39 is 5.97 Å². The van der Waals surface area contributed by atoms with Crippen LogP contribution in [0.3, 0.4) is 0 Å². The second-order valence-corrected chi connectivity index (χ2v) is 8.31. The first-order chi connectivity index (χ1) is 12.8. The fraction of sp³-hybridized carbons (Fsp3) is 0.826. The average Bonchev–Trinajstić information content (AvgIpc) is 2.62. The Morgan fingerprint density at radius 3 is 1.63 bits per heavy atom. The zero-order valence-electron chi connectivity index (χ0n) is 18.6. The van der Waals surface area contributed by atoms with Crippen molar-refractivity contribution < 1.29 is 19.1 Å². The molecule has 0 rings (SSSR count). The number of carbonyl (C=O) groups is 2. The number of ether oxygens (including phenoxy) is 2. The molecule has 0 aliphatic rings. The second kappa shape index (κ2) is 15.7. The number of hydrogen-bond donors (Lipinski definition) is 0. The maximum atomic E-state index is 12.5. The quantitative estimate of drug-likeness (QED) is 0.191. The van der Waals surface area contributed by atoms with Gasteiger partial charge in [0.1, 0.15) is 0 Å². The Morgan fingerprint density at radius 1 is 0.704 bits per heavy atom. The summed E-state index contributed by atoms with van der Waals surface area (Å²) in [5.41, 5.74) is 0.878. The van der Waals surface area contributed by atoms with Gasteiger partial charge >= 0.3 is 11.9 Å². The fourth-order valence-corrected chi connectivity index (χ4v) is 2.68. The van der Waals surface area contributed by atoms with E-state index in [0.717, 1.165) is 12.8 Å². The van der Waals surface area contributed by atoms with Gasteiger partial charge in [-0.05, 0) is 31.6 Å². The standard InChI is InChI=1S/C23H42O4/c1-7-8-9-10-11-12-13-14-15-21(23(25)27-17-19(4)5)20(6)22(24)26-16-18(2)3/h18-19H,7-17H2,1-6H3/b21-20-. The van der Waals surface area contributed by atoms with Gasteiger partial charge in [-0.25, -0.2) is 9.59 Å². The number of unbranched alkanes of at least 4 members (excludes halogenated alkanes) is 7. The Morgan fingerprint density at radius 2 is 1.15 bits per heavy atom. The highest BCUT2D eigenvalue weighted by atomic mass is 16.5. The Balaban J connectivity index is 4.66. The predicted molar refractivity (Wildman–Crippen MR) is 112 cm³/mol. The van der Waals surface area contributed by atoms with Gasteiger partial charge in [0.05, 0.1) is 13.2 Å². The summed E-state index contributed by atoms with van der Waals surface area (Å²) >= 11 is 0. The first-order valence-corrected chi connectivity index (χ1v) is 10.8. The molecule has 0 bridgehead atoms. The molecule has 0 saturated carbocycles. The minimum absolute atomic E-state index is 0.269. The lowest BCUT2D eigenvalue weighted by Crippen LogP contribution is -2.18. The molecule has 4 heteroatoms. The molecule has 158 valence electrons. The molecule has 0 saturated heterocycles. The van der Waals surface area contributed by atoms with Crippen LogP contribution in [0.5, 0.6) is 0 Å². The molecule has 0 aromatic rings. The first-order valence-electron chi connectivity index (χ1n) is 10.8. The Kier molecular flexibility index (Phi) is 14.9. The van der Waals surface area contributed by atoms with Gasteiger partial charge in [-0.3, -0.25) is 0 Å². The summed E-state index contributed by atoms with van der Waals surface area (Å²) in [5.74, 6) is -0.234. The molecule has 0 fully saturated rings.